The molecule has 2 aromatic rings. The maximum absolute atomic E-state index is 12.5. The fourth-order valence-electron chi connectivity index (χ4n) is 2.09. The molecule has 6 nitrogen and oxygen atoms in total. The van der Waals surface area contributed by atoms with Gasteiger partial charge in [-0.1, -0.05) is 56.1 Å². The van der Waals surface area contributed by atoms with E-state index in [1.54, 1.807) is 12.1 Å². The van der Waals surface area contributed by atoms with Crippen molar-refractivity contribution in [3.63, 3.8) is 0 Å². The van der Waals surface area contributed by atoms with E-state index in [1.807, 2.05) is 20.8 Å². The van der Waals surface area contributed by atoms with Crippen molar-refractivity contribution < 1.29 is 13.3 Å². The minimum atomic E-state index is -3.94. The van der Waals surface area contributed by atoms with Gasteiger partial charge >= 0.3 is 0 Å². The van der Waals surface area contributed by atoms with Crippen molar-refractivity contribution in [1.82, 2.24) is 0 Å². The van der Waals surface area contributed by atoms with Crippen molar-refractivity contribution in [3.05, 3.63) is 62.1 Å². The van der Waals surface area contributed by atoms with Gasteiger partial charge in [-0.05, 0) is 23.1 Å². The van der Waals surface area contributed by atoms with Gasteiger partial charge in [0.2, 0.25) is 0 Å². The average molecular weight is 403 g/mol. The summed E-state index contributed by atoms with van der Waals surface area (Å²) in [7, 11) is -3.94. The summed E-state index contributed by atoms with van der Waals surface area (Å²) in [5.74, 6) is 0. The van der Waals surface area contributed by atoms with Crippen LogP contribution in [0.15, 0.2) is 41.3 Å². The zero-order chi connectivity index (χ0) is 19.0. The van der Waals surface area contributed by atoms with E-state index in [2.05, 4.69) is 4.72 Å². The van der Waals surface area contributed by atoms with Crippen molar-refractivity contribution >= 4 is 44.6 Å². The first-order valence-corrected chi connectivity index (χ1v) is 9.42. The minimum absolute atomic E-state index is 0.0333. The summed E-state index contributed by atoms with van der Waals surface area (Å²) in [6.07, 6.45) is 0. The number of halogens is 2. The lowest BCUT2D eigenvalue weighted by Crippen LogP contribution is -2.15. The standard InChI is InChI=1S/C16H16Cl2N2O4S/c1-16(2,3)10-4-6-12(7-5-10)25(23,24)19-15-13(17)8-11(20(21)22)9-14(15)18/h4-9,19H,1-3H3. The van der Waals surface area contributed by atoms with Crippen LogP contribution in [-0.2, 0) is 15.4 Å². The molecule has 0 unspecified atom stereocenters. The quantitative estimate of drug-likeness (QED) is 0.575. The molecule has 0 radical (unpaired) electrons. The lowest BCUT2D eigenvalue weighted by Gasteiger charge is -2.19. The van der Waals surface area contributed by atoms with E-state index in [0.717, 1.165) is 17.7 Å². The zero-order valence-electron chi connectivity index (χ0n) is 13.7. The number of sulfonamides is 1. The highest BCUT2D eigenvalue weighted by Gasteiger charge is 2.22. The van der Waals surface area contributed by atoms with E-state index in [4.69, 9.17) is 23.2 Å². The third kappa shape index (κ3) is 4.42. The Hall–Kier alpha value is -1.83. The van der Waals surface area contributed by atoms with Crippen molar-refractivity contribution in [3.8, 4) is 0 Å². The average Bonchev–Trinajstić information content (AvgIpc) is 2.50. The molecule has 0 bridgehead atoms. The Morgan fingerprint density at radius 3 is 1.92 bits per heavy atom. The van der Waals surface area contributed by atoms with Crippen LogP contribution >= 0.6 is 23.2 Å². The second-order valence-corrected chi connectivity index (χ2v) is 8.92. The Kier molecular flexibility index (Phi) is 5.32. The Bertz CT molecular complexity index is 897. The SMILES string of the molecule is CC(C)(C)c1ccc(S(=O)(=O)Nc2c(Cl)cc([N+](=O)[O-])cc2Cl)cc1. The molecule has 1 N–H and O–H groups in total. The van der Waals surface area contributed by atoms with Crippen LogP contribution in [0.2, 0.25) is 10.0 Å². The Labute approximate surface area is 156 Å². The van der Waals surface area contributed by atoms with Crippen LogP contribution in [0, 0.1) is 10.1 Å². The van der Waals surface area contributed by atoms with Crippen LogP contribution in [0.4, 0.5) is 11.4 Å². The maximum atomic E-state index is 12.5. The van der Waals surface area contributed by atoms with E-state index in [0.29, 0.717) is 0 Å². The number of benzene rings is 2. The van der Waals surface area contributed by atoms with Gasteiger partial charge < -0.3 is 0 Å². The molecule has 0 spiro atoms. The molecule has 25 heavy (non-hydrogen) atoms. The Morgan fingerprint density at radius 2 is 1.52 bits per heavy atom. The molecule has 2 aromatic carbocycles. The highest BCUT2D eigenvalue weighted by atomic mass is 35.5. The predicted molar refractivity (Wildman–Crippen MR) is 99.1 cm³/mol. The number of nitrogens with one attached hydrogen (secondary N) is 1. The van der Waals surface area contributed by atoms with E-state index in [9.17, 15) is 18.5 Å². The zero-order valence-corrected chi connectivity index (χ0v) is 16.0. The van der Waals surface area contributed by atoms with Crippen LogP contribution in [0.1, 0.15) is 26.3 Å². The molecule has 0 aliphatic heterocycles. The number of non-ortho nitro benzene ring substituents is 1. The van der Waals surface area contributed by atoms with Crippen LogP contribution in [0.25, 0.3) is 0 Å². The first-order valence-electron chi connectivity index (χ1n) is 7.18. The van der Waals surface area contributed by atoms with Gasteiger partial charge in [0, 0.05) is 12.1 Å². The van der Waals surface area contributed by atoms with Gasteiger partial charge in [0.15, 0.2) is 0 Å². The number of nitrogens with zero attached hydrogens (tertiary/aromatic N) is 1. The van der Waals surface area contributed by atoms with E-state index in [1.165, 1.54) is 12.1 Å². The topological polar surface area (TPSA) is 89.3 Å². The van der Waals surface area contributed by atoms with Gasteiger partial charge in [0.05, 0.1) is 25.6 Å². The molecule has 0 amide bonds. The van der Waals surface area contributed by atoms with E-state index in [-0.39, 0.29) is 31.7 Å². The van der Waals surface area contributed by atoms with Crippen molar-refractivity contribution in [2.75, 3.05) is 4.72 Å². The number of hydrogen-bond donors (Lipinski definition) is 1. The monoisotopic (exact) mass is 402 g/mol. The van der Waals surface area contributed by atoms with Gasteiger partial charge in [-0.2, -0.15) is 0 Å². The van der Waals surface area contributed by atoms with Crippen molar-refractivity contribution in [1.29, 1.82) is 0 Å². The molecule has 0 heterocycles. The lowest BCUT2D eigenvalue weighted by molar-refractivity contribution is -0.384. The van der Waals surface area contributed by atoms with Gasteiger partial charge in [-0.3, -0.25) is 14.8 Å². The summed E-state index contributed by atoms with van der Waals surface area (Å²) in [4.78, 5) is 10.2. The number of nitro benzene ring substituents is 1. The number of hydrogen-bond acceptors (Lipinski definition) is 4. The summed E-state index contributed by atoms with van der Waals surface area (Å²) in [5, 5.41) is 10.5. The smallest absolute Gasteiger partial charge is 0.272 e. The number of nitro groups is 1. The normalized spacial score (nSPS) is 12.0. The summed E-state index contributed by atoms with van der Waals surface area (Å²) in [6.45, 7) is 6.06. The van der Waals surface area contributed by atoms with Gasteiger partial charge in [0.1, 0.15) is 0 Å². The molecule has 0 aliphatic carbocycles. The molecule has 0 aromatic heterocycles. The van der Waals surface area contributed by atoms with Crippen molar-refractivity contribution in [2.24, 2.45) is 0 Å². The van der Waals surface area contributed by atoms with Crippen molar-refractivity contribution in [2.45, 2.75) is 31.1 Å². The third-order valence-electron chi connectivity index (χ3n) is 3.50. The highest BCUT2D eigenvalue weighted by Crippen LogP contribution is 2.36. The van der Waals surface area contributed by atoms with Gasteiger partial charge in [-0.25, -0.2) is 8.42 Å². The third-order valence-corrected chi connectivity index (χ3v) is 5.47. The molecule has 9 heteroatoms. The van der Waals surface area contributed by atoms with Crippen LogP contribution < -0.4 is 4.72 Å². The van der Waals surface area contributed by atoms with Gasteiger partial charge in [-0.15, -0.1) is 0 Å². The summed E-state index contributed by atoms with van der Waals surface area (Å²) >= 11 is 11.9. The summed E-state index contributed by atoms with van der Waals surface area (Å²) in [6, 6.07) is 8.50. The Balaban J connectivity index is 2.38. The van der Waals surface area contributed by atoms with Crippen LogP contribution in [-0.4, -0.2) is 13.3 Å². The predicted octanol–water partition coefficient (Wildman–Crippen LogP) is 5.00. The molecule has 2 rings (SSSR count). The highest BCUT2D eigenvalue weighted by molar-refractivity contribution is 7.92. The van der Waals surface area contributed by atoms with Crippen LogP contribution in [0.5, 0.6) is 0 Å². The first-order chi connectivity index (χ1) is 11.4. The summed E-state index contributed by atoms with van der Waals surface area (Å²) < 4.78 is 27.3. The number of anilines is 1. The fourth-order valence-corrected chi connectivity index (χ4v) is 3.87. The molecule has 0 aliphatic rings. The molecule has 0 saturated carbocycles. The molecule has 134 valence electrons. The first kappa shape index (κ1) is 19.5. The largest absolute Gasteiger partial charge is 0.277 e. The maximum Gasteiger partial charge on any atom is 0.272 e. The molecule has 0 atom stereocenters. The van der Waals surface area contributed by atoms with Crippen LogP contribution in [0.3, 0.4) is 0 Å². The molecule has 0 fully saturated rings. The minimum Gasteiger partial charge on any atom is -0.277 e. The molecular formula is C16H16Cl2N2O4S. The summed E-state index contributed by atoms with van der Waals surface area (Å²) in [5.41, 5.74) is 0.444. The molecule has 0 saturated heterocycles. The lowest BCUT2D eigenvalue weighted by atomic mass is 9.87. The van der Waals surface area contributed by atoms with E-state index < -0.39 is 14.9 Å². The molecular weight excluding hydrogens is 387 g/mol. The Morgan fingerprint density at radius 1 is 1.04 bits per heavy atom. The van der Waals surface area contributed by atoms with E-state index >= 15 is 0 Å². The fraction of sp³-hybridized carbons (Fsp3) is 0.250. The second-order valence-electron chi connectivity index (χ2n) is 6.42. The number of rotatable bonds is 4. The second kappa shape index (κ2) is 6.82. The van der Waals surface area contributed by atoms with Gasteiger partial charge in [0.25, 0.3) is 15.7 Å².